The van der Waals surface area contributed by atoms with Gasteiger partial charge in [-0.3, -0.25) is 9.78 Å². The highest BCUT2D eigenvalue weighted by molar-refractivity contribution is 5.93. The molecule has 1 heterocycles. The minimum absolute atomic E-state index is 0.205. The quantitative estimate of drug-likeness (QED) is 0.690. The van der Waals surface area contributed by atoms with Gasteiger partial charge in [0.25, 0.3) is 5.91 Å². The summed E-state index contributed by atoms with van der Waals surface area (Å²) in [7, 11) is 3.25. The molecule has 0 aliphatic heterocycles. The average molecular weight is 329 g/mol. The minimum atomic E-state index is -0.205. The van der Waals surface area contributed by atoms with Gasteiger partial charge in [-0.2, -0.15) is 0 Å². The Morgan fingerprint density at radius 2 is 2.04 bits per heavy atom. The van der Waals surface area contributed by atoms with Crippen LogP contribution in [0.1, 0.15) is 16.1 Å². The summed E-state index contributed by atoms with van der Waals surface area (Å²) in [6.07, 6.45) is 2.48. The zero-order valence-electron chi connectivity index (χ0n) is 14.0. The lowest BCUT2D eigenvalue weighted by molar-refractivity contribution is 0.0932. The van der Waals surface area contributed by atoms with Gasteiger partial charge in [-0.05, 0) is 36.2 Å². The van der Waals surface area contributed by atoms with E-state index in [2.05, 4.69) is 21.7 Å². The van der Waals surface area contributed by atoms with Crippen LogP contribution in [-0.4, -0.2) is 44.8 Å². The largest absolute Gasteiger partial charge is 0.497 e. The Labute approximate surface area is 142 Å². The first kappa shape index (κ1) is 17.7. The van der Waals surface area contributed by atoms with Crippen molar-refractivity contribution in [1.29, 1.82) is 0 Å². The third kappa shape index (κ3) is 5.55. The smallest absolute Gasteiger partial charge is 0.270 e. The number of aromatic nitrogens is 1. The predicted octanol–water partition coefficient (Wildman–Crippen LogP) is 2.12. The maximum absolute atomic E-state index is 12.0. The number of carbonyl (C=O) groups excluding carboxylic acids is 1. The highest BCUT2D eigenvalue weighted by atomic mass is 16.5. The van der Waals surface area contributed by atoms with Crippen molar-refractivity contribution in [2.45, 2.75) is 6.42 Å². The van der Waals surface area contributed by atoms with Crippen LogP contribution < -0.4 is 15.4 Å². The number of pyridine rings is 1. The average Bonchev–Trinajstić information content (AvgIpc) is 2.62. The summed E-state index contributed by atoms with van der Waals surface area (Å²) < 4.78 is 10.1. The molecule has 24 heavy (non-hydrogen) atoms. The third-order valence-corrected chi connectivity index (χ3v) is 3.46. The van der Waals surface area contributed by atoms with E-state index in [1.165, 1.54) is 5.56 Å². The molecule has 2 aromatic rings. The topological polar surface area (TPSA) is 72.5 Å². The van der Waals surface area contributed by atoms with Gasteiger partial charge in [0.15, 0.2) is 0 Å². The van der Waals surface area contributed by atoms with Crippen molar-refractivity contribution in [1.82, 2.24) is 10.3 Å². The molecule has 6 heteroatoms. The summed E-state index contributed by atoms with van der Waals surface area (Å²) in [5.74, 6) is 0.648. The van der Waals surface area contributed by atoms with Gasteiger partial charge in [0.2, 0.25) is 0 Å². The van der Waals surface area contributed by atoms with Gasteiger partial charge >= 0.3 is 0 Å². The normalized spacial score (nSPS) is 10.2. The van der Waals surface area contributed by atoms with E-state index in [1.807, 2.05) is 24.3 Å². The SMILES string of the molecule is COCCNC(=O)c1cc(NCCc2cccc(OC)c2)ccn1. The van der Waals surface area contributed by atoms with Crippen molar-refractivity contribution in [3.05, 3.63) is 53.9 Å². The molecule has 1 aromatic carbocycles. The molecular formula is C18H23N3O3. The molecule has 1 aromatic heterocycles. The highest BCUT2D eigenvalue weighted by Crippen LogP contribution is 2.13. The van der Waals surface area contributed by atoms with Crippen LogP contribution in [0.25, 0.3) is 0 Å². The van der Waals surface area contributed by atoms with E-state index in [1.54, 1.807) is 26.5 Å². The van der Waals surface area contributed by atoms with Crippen LogP contribution in [0.15, 0.2) is 42.6 Å². The van der Waals surface area contributed by atoms with Crippen molar-refractivity contribution in [3.63, 3.8) is 0 Å². The Bertz CT molecular complexity index is 661. The Morgan fingerprint density at radius 1 is 1.17 bits per heavy atom. The predicted molar refractivity (Wildman–Crippen MR) is 93.6 cm³/mol. The van der Waals surface area contributed by atoms with Crippen molar-refractivity contribution in [3.8, 4) is 5.75 Å². The number of methoxy groups -OCH3 is 2. The summed E-state index contributed by atoms with van der Waals surface area (Å²) in [6, 6.07) is 11.6. The molecule has 0 aliphatic rings. The number of carbonyl (C=O) groups is 1. The number of hydrogen-bond acceptors (Lipinski definition) is 5. The molecule has 0 saturated heterocycles. The molecule has 0 saturated carbocycles. The Hall–Kier alpha value is -2.60. The zero-order valence-corrected chi connectivity index (χ0v) is 14.0. The van der Waals surface area contributed by atoms with Crippen LogP contribution in [0.5, 0.6) is 5.75 Å². The molecule has 0 spiro atoms. The minimum Gasteiger partial charge on any atom is -0.497 e. The van der Waals surface area contributed by atoms with Crippen molar-refractivity contribution in [2.75, 3.05) is 39.2 Å². The van der Waals surface area contributed by atoms with Gasteiger partial charge < -0.3 is 20.1 Å². The molecule has 2 N–H and O–H groups in total. The van der Waals surface area contributed by atoms with Crippen molar-refractivity contribution < 1.29 is 14.3 Å². The van der Waals surface area contributed by atoms with E-state index < -0.39 is 0 Å². The summed E-state index contributed by atoms with van der Waals surface area (Å²) in [4.78, 5) is 16.1. The van der Waals surface area contributed by atoms with Gasteiger partial charge in [-0.25, -0.2) is 0 Å². The molecule has 1 amide bonds. The molecule has 0 bridgehead atoms. The molecular weight excluding hydrogens is 306 g/mol. The van der Waals surface area contributed by atoms with Crippen LogP contribution in [0.3, 0.4) is 0 Å². The zero-order chi connectivity index (χ0) is 17.2. The number of rotatable bonds is 9. The van der Waals surface area contributed by atoms with E-state index in [4.69, 9.17) is 9.47 Å². The first-order valence-electron chi connectivity index (χ1n) is 7.83. The van der Waals surface area contributed by atoms with E-state index in [0.29, 0.717) is 18.8 Å². The monoisotopic (exact) mass is 329 g/mol. The second-order valence-corrected chi connectivity index (χ2v) is 5.21. The Kier molecular flexibility index (Phi) is 7.04. The fourth-order valence-corrected chi connectivity index (χ4v) is 2.20. The summed E-state index contributed by atoms with van der Waals surface area (Å²) in [5, 5.41) is 6.06. The number of amides is 1. The van der Waals surface area contributed by atoms with Crippen LogP contribution in [0.2, 0.25) is 0 Å². The van der Waals surface area contributed by atoms with Crippen LogP contribution in [0.4, 0.5) is 5.69 Å². The second-order valence-electron chi connectivity index (χ2n) is 5.21. The third-order valence-electron chi connectivity index (χ3n) is 3.46. The van der Waals surface area contributed by atoms with Gasteiger partial charge in [-0.1, -0.05) is 12.1 Å². The van der Waals surface area contributed by atoms with Crippen molar-refractivity contribution in [2.24, 2.45) is 0 Å². The number of anilines is 1. The Balaban J connectivity index is 1.86. The Morgan fingerprint density at radius 3 is 2.83 bits per heavy atom. The fraction of sp³-hybridized carbons (Fsp3) is 0.333. The fourth-order valence-electron chi connectivity index (χ4n) is 2.20. The molecule has 0 aliphatic carbocycles. The van der Waals surface area contributed by atoms with Gasteiger partial charge in [0.1, 0.15) is 11.4 Å². The number of nitrogens with zero attached hydrogens (tertiary/aromatic N) is 1. The summed E-state index contributed by atoms with van der Waals surface area (Å²) >= 11 is 0. The van der Waals surface area contributed by atoms with E-state index >= 15 is 0 Å². The first-order valence-corrected chi connectivity index (χ1v) is 7.83. The number of ether oxygens (including phenoxy) is 2. The van der Waals surface area contributed by atoms with Crippen molar-refractivity contribution >= 4 is 11.6 Å². The lowest BCUT2D eigenvalue weighted by Gasteiger charge is -2.09. The standard InChI is InChI=1S/C18H23N3O3/c1-23-11-10-21-18(22)17-13-15(7-9-20-17)19-8-6-14-4-3-5-16(12-14)24-2/h3-5,7,9,12-13H,6,8,10-11H2,1-2H3,(H,19,20)(H,21,22). The lowest BCUT2D eigenvalue weighted by Crippen LogP contribution is -2.27. The summed E-state index contributed by atoms with van der Waals surface area (Å²) in [6.45, 7) is 1.69. The summed E-state index contributed by atoms with van der Waals surface area (Å²) in [5.41, 5.74) is 2.44. The second kappa shape index (κ2) is 9.52. The molecule has 0 radical (unpaired) electrons. The maximum atomic E-state index is 12.0. The number of benzene rings is 1. The number of nitrogens with one attached hydrogen (secondary N) is 2. The van der Waals surface area contributed by atoms with Gasteiger partial charge in [-0.15, -0.1) is 0 Å². The highest BCUT2D eigenvalue weighted by Gasteiger charge is 2.07. The van der Waals surface area contributed by atoms with E-state index in [0.717, 1.165) is 24.4 Å². The van der Waals surface area contributed by atoms with Crippen LogP contribution >= 0.6 is 0 Å². The molecule has 128 valence electrons. The molecule has 6 nitrogen and oxygen atoms in total. The molecule has 0 fully saturated rings. The number of hydrogen-bond donors (Lipinski definition) is 2. The molecule has 2 rings (SSSR count). The maximum Gasteiger partial charge on any atom is 0.270 e. The van der Waals surface area contributed by atoms with E-state index in [-0.39, 0.29) is 5.91 Å². The van der Waals surface area contributed by atoms with Crippen LogP contribution in [0, 0.1) is 0 Å². The molecule has 0 unspecified atom stereocenters. The molecule has 0 atom stereocenters. The van der Waals surface area contributed by atoms with E-state index in [9.17, 15) is 4.79 Å². The van der Waals surface area contributed by atoms with Gasteiger partial charge in [0.05, 0.1) is 13.7 Å². The van der Waals surface area contributed by atoms with Gasteiger partial charge in [0, 0.05) is 32.1 Å². The lowest BCUT2D eigenvalue weighted by atomic mass is 10.1. The van der Waals surface area contributed by atoms with Crippen LogP contribution in [-0.2, 0) is 11.2 Å². The first-order chi connectivity index (χ1) is 11.7.